The van der Waals surface area contributed by atoms with Gasteiger partial charge in [-0.3, -0.25) is 9.59 Å². The molecule has 0 fully saturated rings. The van der Waals surface area contributed by atoms with Gasteiger partial charge >= 0.3 is 0 Å². The second kappa shape index (κ2) is 6.55. The summed E-state index contributed by atoms with van der Waals surface area (Å²) in [7, 11) is 0. The van der Waals surface area contributed by atoms with E-state index in [2.05, 4.69) is 5.32 Å². The molecule has 0 aromatic heterocycles. The maximum absolute atomic E-state index is 12.0. The molecule has 5 heteroatoms. The summed E-state index contributed by atoms with van der Waals surface area (Å²) in [4.78, 5) is 23.3. The van der Waals surface area contributed by atoms with Crippen LogP contribution in [-0.4, -0.2) is 17.9 Å². The fourth-order valence-corrected chi connectivity index (χ4v) is 1.65. The lowest BCUT2D eigenvalue weighted by Crippen LogP contribution is -2.48. The lowest BCUT2D eigenvalue weighted by molar-refractivity contribution is -0.120. The van der Waals surface area contributed by atoms with E-state index in [4.69, 9.17) is 11.0 Å². The highest BCUT2D eigenvalue weighted by Gasteiger charge is 2.23. The minimum atomic E-state index is -0.687. The normalized spacial score (nSPS) is 13.1. The molecule has 0 aliphatic rings. The number of hydrogen-bond acceptors (Lipinski definition) is 3. The monoisotopic (exact) mass is 259 g/mol. The van der Waals surface area contributed by atoms with E-state index in [1.165, 1.54) is 0 Å². The second-order valence-electron chi connectivity index (χ2n) is 4.43. The summed E-state index contributed by atoms with van der Waals surface area (Å²) in [6.07, 6.45) is 0.737. The van der Waals surface area contributed by atoms with Crippen LogP contribution in [-0.2, 0) is 4.79 Å². The van der Waals surface area contributed by atoms with E-state index >= 15 is 0 Å². The Bertz CT molecular complexity index is 502. The van der Waals surface area contributed by atoms with Crippen molar-refractivity contribution in [3.63, 3.8) is 0 Å². The molecule has 19 heavy (non-hydrogen) atoms. The number of amides is 2. The number of nitriles is 1. The van der Waals surface area contributed by atoms with Gasteiger partial charge in [0.05, 0.1) is 11.6 Å². The van der Waals surface area contributed by atoms with E-state index in [9.17, 15) is 9.59 Å². The number of nitrogens with two attached hydrogens (primary N) is 1. The summed E-state index contributed by atoms with van der Waals surface area (Å²) >= 11 is 0. The quantitative estimate of drug-likeness (QED) is 0.831. The van der Waals surface area contributed by atoms with Gasteiger partial charge in [0.25, 0.3) is 5.91 Å². The predicted molar refractivity (Wildman–Crippen MR) is 71.1 cm³/mol. The summed E-state index contributed by atoms with van der Waals surface area (Å²) in [6.45, 7) is 3.78. The summed E-state index contributed by atoms with van der Waals surface area (Å²) in [6, 6.07) is 7.48. The first kappa shape index (κ1) is 14.7. The Morgan fingerprint density at radius 1 is 1.37 bits per heavy atom. The molecule has 3 N–H and O–H groups in total. The number of primary amides is 1. The molecule has 2 atom stereocenters. The molecule has 0 aliphatic carbocycles. The van der Waals surface area contributed by atoms with Crippen LogP contribution >= 0.6 is 0 Å². The van der Waals surface area contributed by atoms with Gasteiger partial charge in [0, 0.05) is 5.56 Å². The summed E-state index contributed by atoms with van der Waals surface area (Å²) < 4.78 is 0. The van der Waals surface area contributed by atoms with Crippen LogP contribution in [0.4, 0.5) is 0 Å². The van der Waals surface area contributed by atoms with Crippen LogP contribution in [0.5, 0.6) is 0 Å². The minimum absolute atomic E-state index is 0.0279. The van der Waals surface area contributed by atoms with E-state index in [0.717, 1.165) is 6.42 Å². The Kier molecular flexibility index (Phi) is 5.07. The lowest BCUT2D eigenvalue weighted by Gasteiger charge is -2.21. The minimum Gasteiger partial charge on any atom is -0.368 e. The van der Waals surface area contributed by atoms with Gasteiger partial charge in [0.15, 0.2) is 0 Å². The average Bonchev–Trinajstić information content (AvgIpc) is 2.43. The Morgan fingerprint density at radius 3 is 2.37 bits per heavy atom. The van der Waals surface area contributed by atoms with Gasteiger partial charge in [-0.15, -0.1) is 0 Å². The van der Waals surface area contributed by atoms with E-state index in [-0.39, 0.29) is 11.8 Å². The smallest absolute Gasteiger partial charge is 0.251 e. The predicted octanol–water partition coefficient (Wildman–Crippen LogP) is 1.19. The molecule has 0 radical (unpaired) electrons. The molecule has 1 rings (SSSR count). The van der Waals surface area contributed by atoms with Gasteiger partial charge in [0.2, 0.25) is 5.91 Å². The van der Waals surface area contributed by atoms with Gasteiger partial charge in [-0.1, -0.05) is 20.3 Å². The average molecular weight is 259 g/mol. The van der Waals surface area contributed by atoms with Gasteiger partial charge in [0.1, 0.15) is 6.04 Å². The Labute approximate surface area is 112 Å². The van der Waals surface area contributed by atoms with Crippen LogP contribution in [0.1, 0.15) is 36.2 Å². The van der Waals surface area contributed by atoms with Crippen LogP contribution in [0.2, 0.25) is 0 Å². The fourth-order valence-electron chi connectivity index (χ4n) is 1.65. The van der Waals surface area contributed by atoms with E-state index in [1.807, 2.05) is 19.9 Å². The van der Waals surface area contributed by atoms with Crippen LogP contribution in [0.25, 0.3) is 0 Å². The Balaban J connectivity index is 2.82. The summed E-state index contributed by atoms with van der Waals surface area (Å²) in [5, 5.41) is 11.3. The number of rotatable bonds is 5. The highest BCUT2D eigenvalue weighted by Crippen LogP contribution is 2.09. The molecular weight excluding hydrogens is 242 g/mol. The van der Waals surface area contributed by atoms with E-state index in [0.29, 0.717) is 11.1 Å². The fraction of sp³-hybridized carbons (Fsp3) is 0.357. The topological polar surface area (TPSA) is 96.0 Å². The van der Waals surface area contributed by atoms with Crippen molar-refractivity contribution in [3.8, 4) is 6.07 Å². The molecule has 0 saturated heterocycles. The third kappa shape index (κ3) is 3.81. The van der Waals surface area contributed by atoms with Crippen LogP contribution in [0.15, 0.2) is 24.3 Å². The second-order valence-corrected chi connectivity index (χ2v) is 4.43. The molecule has 0 spiro atoms. The zero-order valence-electron chi connectivity index (χ0n) is 11.0. The zero-order chi connectivity index (χ0) is 14.4. The third-order valence-corrected chi connectivity index (χ3v) is 3.08. The lowest BCUT2D eigenvalue weighted by atomic mass is 9.98. The van der Waals surface area contributed by atoms with Gasteiger partial charge < -0.3 is 11.1 Å². The van der Waals surface area contributed by atoms with Crippen molar-refractivity contribution in [1.82, 2.24) is 5.32 Å². The SMILES string of the molecule is CC[C@@H](C)[C@H](NC(=O)c1ccc(C#N)cc1)C(N)=O. The number of nitrogens with one attached hydrogen (secondary N) is 1. The first-order valence-electron chi connectivity index (χ1n) is 6.10. The molecule has 1 aromatic carbocycles. The first-order chi connectivity index (χ1) is 8.99. The Hall–Kier alpha value is -2.35. The molecule has 0 unspecified atom stereocenters. The number of nitrogens with zero attached hydrogens (tertiary/aromatic N) is 1. The Morgan fingerprint density at radius 2 is 1.95 bits per heavy atom. The van der Waals surface area contributed by atoms with Crippen molar-refractivity contribution in [1.29, 1.82) is 5.26 Å². The molecule has 1 aromatic rings. The van der Waals surface area contributed by atoms with Gasteiger partial charge in [-0.25, -0.2) is 0 Å². The molecule has 5 nitrogen and oxygen atoms in total. The maximum Gasteiger partial charge on any atom is 0.251 e. The van der Waals surface area contributed by atoms with Crippen molar-refractivity contribution in [2.45, 2.75) is 26.3 Å². The van der Waals surface area contributed by atoms with E-state index < -0.39 is 11.9 Å². The van der Waals surface area contributed by atoms with Gasteiger partial charge in [-0.2, -0.15) is 5.26 Å². The van der Waals surface area contributed by atoms with Crippen molar-refractivity contribution in [2.24, 2.45) is 11.7 Å². The van der Waals surface area contributed by atoms with E-state index in [1.54, 1.807) is 24.3 Å². The standard InChI is InChI=1S/C14H17N3O2/c1-3-9(2)12(13(16)18)17-14(19)11-6-4-10(8-15)5-7-11/h4-7,9,12H,3H2,1-2H3,(H2,16,18)(H,17,19)/t9-,12+/m1/s1. The van der Waals surface area contributed by atoms with Crippen molar-refractivity contribution in [3.05, 3.63) is 35.4 Å². The van der Waals surface area contributed by atoms with Crippen molar-refractivity contribution < 1.29 is 9.59 Å². The first-order valence-corrected chi connectivity index (χ1v) is 6.10. The highest BCUT2D eigenvalue weighted by atomic mass is 16.2. The van der Waals surface area contributed by atoms with Crippen LogP contribution in [0.3, 0.4) is 0 Å². The third-order valence-electron chi connectivity index (χ3n) is 3.08. The summed E-state index contributed by atoms with van der Waals surface area (Å²) in [5.41, 5.74) is 6.16. The molecule has 0 heterocycles. The maximum atomic E-state index is 12.0. The van der Waals surface area contributed by atoms with Gasteiger partial charge in [-0.05, 0) is 30.2 Å². The molecule has 0 bridgehead atoms. The number of benzene rings is 1. The van der Waals surface area contributed by atoms with Crippen molar-refractivity contribution in [2.75, 3.05) is 0 Å². The molecule has 0 saturated carbocycles. The zero-order valence-corrected chi connectivity index (χ0v) is 11.0. The summed E-state index contributed by atoms with van der Waals surface area (Å²) in [5.74, 6) is -0.940. The van der Waals surface area contributed by atoms with Crippen molar-refractivity contribution >= 4 is 11.8 Å². The molecule has 2 amide bonds. The number of hydrogen-bond donors (Lipinski definition) is 2. The molecule has 0 aliphatic heterocycles. The van der Waals surface area contributed by atoms with Crippen LogP contribution in [0, 0.1) is 17.2 Å². The molecular formula is C14H17N3O2. The number of carbonyl (C=O) groups is 2. The number of carbonyl (C=O) groups excluding carboxylic acids is 2. The highest BCUT2D eigenvalue weighted by molar-refractivity contribution is 5.97. The molecule has 100 valence electrons. The van der Waals surface area contributed by atoms with Crippen LogP contribution < -0.4 is 11.1 Å². The largest absolute Gasteiger partial charge is 0.368 e.